The second kappa shape index (κ2) is 7.14. The molecular formula is C18H20N3O2S+. The first-order valence-electron chi connectivity index (χ1n) is 7.97. The molecule has 0 amide bonds. The van der Waals surface area contributed by atoms with Crippen LogP contribution in [0, 0.1) is 11.3 Å². The van der Waals surface area contributed by atoms with E-state index in [2.05, 4.69) is 12.1 Å². The average molecular weight is 342 g/mol. The topological polar surface area (TPSA) is 65.6 Å². The summed E-state index contributed by atoms with van der Waals surface area (Å²) in [6.45, 7) is 3.55. The van der Waals surface area contributed by atoms with Gasteiger partial charge in [0.05, 0.1) is 42.7 Å². The molecule has 2 aromatic carbocycles. The van der Waals surface area contributed by atoms with Crippen LogP contribution >= 0.6 is 0 Å². The summed E-state index contributed by atoms with van der Waals surface area (Å²) >= 11 is 0. The smallest absolute Gasteiger partial charge is 0.243 e. The van der Waals surface area contributed by atoms with E-state index in [-0.39, 0.29) is 4.90 Å². The van der Waals surface area contributed by atoms with Crippen molar-refractivity contribution in [2.75, 3.05) is 26.2 Å². The fraction of sp³-hybridized carbons (Fsp3) is 0.278. The Balaban J connectivity index is 1.64. The molecule has 0 unspecified atom stereocenters. The minimum Gasteiger partial charge on any atom is -0.329 e. The Kier molecular flexibility index (Phi) is 4.95. The maximum Gasteiger partial charge on any atom is 0.243 e. The molecular weight excluding hydrogens is 322 g/mol. The molecule has 124 valence electrons. The van der Waals surface area contributed by atoms with E-state index in [0.717, 1.165) is 19.6 Å². The number of sulfonamides is 1. The zero-order valence-corrected chi connectivity index (χ0v) is 14.2. The van der Waals surface area contributed by atoms with Gasteiger partial charge >= 0.3 is 0 Å². The first kappa shape index (κ1) is 16.7. The first-order chi connectivity index (χ1) is 11.6. The number of piperazine rings is 1. The zero-order chi connectivity index (χ0) is 17.0. The molecule has 24 heavy (non-hydrogen) atoms. The zero-order valence-electron chi connectivity index (χ0n) is 13.4. The minimum atomic E-state index is -3.47. The van der Waals surface area contributed by atoms with Crippen molar-refractivity contribution in [1.29, 1.82) is 5.26 Å². The molecule has 0 bridgehead atoms. The molecule has 0 aromatic heterocycles. The molecule has 1 saturated heterocycles. The van der Waals surface area contributed by atoms with Crippen LogP contribution in [0.1, 0.15) is 11.1 Å². The highest BCUT2D eigenvalue weighted by molar-refractivity contribution is 7.89. The predicted molar refractivity (Wildman–Crippen MR) is 90.8 cm³/mol. The van der Waals surface area contributed by atoms with E-state index in [0.29, 0.717) is 18.7 Å². The Morgan fingerprint density at radius 1 is 1.00 bits per heavy atom. The Morgan fingerprint density at radius 2 is 1.62 bits per heavy atom. The lowest BCUT2D eigenvalue weighted by Gasteiger charge is -2.31. The molecule has 0 spiro atoms. The number of hydrogen-bond acceptors (Lipinski definition) is 3. The summed E-state index contributed by atoms with van der Waals surface area (Å²) in [4.78, 5) is 1.65. The van der Waals surface area contributed by atoms with Crippen LogP contribution in [0.25, 0.3) is 0 Å². The highest BCUT2D eigenvalue weighted by Crippen LogP contribution is 2.16. The monoisotopic (exact) mass is 342 g/mol. The van der Waals surface area contributed by atoms with Gasteiger partial charge in [0.1, 0.15) is 6.54 Å². The van der Waals surface area contributed by atoms with Crippen molar-refractivity contribution in [3.05, 3.63) is 65.7 Å². The van der Waals surface area contributed by atoms with Gasteiger partial charge in [0.15, 0.2) is 0 Å². The van der Waals surface area contributed by atoms with Crippen LogP contribution in [0.15, 0.2) is 59.5 Å². The van der Waals surface area contributed by atoms with Gasteiger partial charge in [-0.25, -0.2) is 8.42 Å². The number of rotatable bonds is 4. The average Bonchev–Trinajstić information content (AvgIpc) is 2.63. The van der Waals surface area contributed by atoms with Crippen LogP contribution < -0.4 is 4.90 Å². The van der Waals surface area contributed by atoms with E-state index in [4.69, 9.17) is 5.26 Å². The van der Waals surface area contributed by atoms with Crippen molar-refractivity contribution in [2.45, 2.75) is 11.4 Å². The molecule has 1 aliphatic rings. The first-order valence-corrected chi connectivity index (χ1v) is 9.41. The van der Waals surface area contributed by atoms with Crippen molar-refractivity contribution < 1.29 is 13.3 Å². The van der Waals surface area contributed by atoms with Gasteiger partial charge in [0, 0.05) is 5.56 Å². The van der Waals surface area contributed by atoms with Gasteiger partial charge in [0.25, 0.3) is 0 Å². The summed E-state index contributed by atoms with van der Waals surface area (Å²) < 4.78 is 26.9. The lowest BCUT2D eigenvalue weighted by Crippen LogP contribution is -3.13. The molecule has 1 fully saturated rings. The molecule has 0 atom stereocenters. The van der Waals surface area contributed by atoms with Crippen molar-refractivity contribution in [3.63, 3.8) is 0 Å². The molecule has 2 aromatic rings. The van der Waals surface area contributed by atoms with Gasteiger partial charge in [-0.1, -0.05) is 30.3 Å². The molecule has 3 rings (SSSR count). The molecule has 0 radical (unpaired) electrons. The number of hydrogen-bond donors (Lipinski definition) is 1. The number of benzene rings is 2. The van der Waals surface area contributed by atoms with E-state index in [1.54, 1.807) is 16.4 Å². The SMILES string of the molecule is N#Cc1ccc(S(=O)(=O)N2CC[NH+](Cc3ccccc3)CC2)cc1. The molecule has 1 heterocycles. The maximum absolute atomic E-state index is 12.7. The quantitative estimate of drug-likeness (QED) is 0.887. The highest BCUT2D eigenvalue weighted by Gasteiger charge is 2.30. The number of quaternary nitrogens is 1. The maximum atomic E-state index is 12.7. The number of nitrogens with one attached hydrogen (secondary N) is 1. The number of nitrogens with zero attached hydrogens (tertiary/aromatic N) is 2. The van der Waals surface area contributed by atoms with Crippen molar-refractivity contribution >= 4 is 10.0 Å². The van der Waals surface area contributed by atoms with E-state index in [1.807, 2.05) is 24.3 Å². The van der Waals surface area contributed by atoms with Gasteiger partial charge in [-0.05, 0) is 24.3 Å². The molecule has 1 aliphatic heterocycles. The van der Waals surface area contributed by atoms with Gasteiger partial charge in [-0.3, -0.25) is 0 Å². The Bertz CT molecular complexity index is 819. The van der Waals surface area contributed by atoms with E-state index in [1.165, 1.54) is 22.6 Å². The highest BCUT2D eigenvalue weighted by atomic mass is 32.2. The van der Waals surface area contributed by atoms with Crippen molar-refractivity contribution in [3.8, 4) is 6.07 Å². The van der Waals surface area contributed by atoms with Crippen LogP contribution in [-0.4, -0.2) is 38.9 Å². The van der Waals surface area contributed by atoms with E-state index in [9.17, 15) is 8.42 Å². The molecule has 6 heteroatoms. The molecule has 5 nitrogen and oxygen atoms in total. The Morgan fingerprint density at radius 3 is 2.21 bits per heavy atom. The largest absolute Gasteiger partial charge is 0.329 e. The summed E-state index contributed by atoms with van der Waals surface area (Å²) in [5.41, 5.74) is 1.74. The van der Waals surface area contributed by atoms with Crippen LogP contribution in [0.5, 0.6) is 0 Å². The second-order valence-corrected chi connectivity index (χ2v) is 7.89. The molecule has 0 saturated carbocycles. The normalized spacial score (nSPS) is 16.6. The lowest BCUT2D eigenvalue weighted by atomic mass is 10.2. The third kappa shape index (κ3) is 3.65. The standard InChI is InChI=1S/C18H19N3O2S/c19-14-16-6-8-18(9-7-16)24(22,23)21-12-10-20(11-13-21)15-17-4-2-1-3-5-17/h1-9H,10-13,15H2/p+1. The summed E-state index contributed by atoms with van der Waals surface area (Å²) in [6.07, 6.45) is 0. The Labute approximate surface area is 142 Å². The second-order valence-electron chi connectivity index (χ2n) is 5.95. The summed E-state index contributed by atoms with van der Waals surface area (Å²) in [5, 5.41) is 8.82. The van der Waals surface area contributed by atoms with Crippen LogP contribution in [0.4, 0.5) is 0 Å². The fourth-order valence-electron chi connectivity index (χ4n) is 2.95. The lowest BCUT2D eigenvalue weighted by molar-refractivity contribution is -0.917. The fourth-order valence-corrected chi connectivity index (χ4v) is 4.40. The van der Waals surface area contributed by atoms with E-state index >= 15 is 0 Å². The summed E-state index contributed by atoms with van der Waals surface area (Å²) in [5.74, 6) is 0. The van der Waals surface area contributed by atoms with Gasteiger partial charge in [-0.2, -0.15) is 9.57 Å². The molecule has 1 N–H and O–H groups in total. The summed E-state index contributed by atoms with van der Waals surface area (Å²) in [7, 11) is -3.47. The van der Waals surface area contributed by atoms with Crippen molar-refractivity contribution in [2.24, 2.45) is 0 Å². The minimum absolute atomic E-state index is 0.257. The summed E-state index contributed by atoms with van der Waals surface area (Å²) in [6, 6.07) is 18.4. The van der Waals surface area contributed by atoms with Gasteiger partial charge < -0.3 is 4.90 Å². The van der Waals surface area contributed by atoms with Gasteiger partial charge in [-0.15, -0.1) is 0 Å². The third-order valence-corrected chi connectivity index (χ3v) is 6.26. The third-order valence-electron chi connectivity index (χ3n) is 4.35. The Hall–Kier alpha value is -2.20. The van der Waals surface area contributed by atoms with Crippen LogP contribution in [0.3, 0.4) is 0 Å². The number of nitriles is 1. The van der Waals surface area contributed by atoms with Gasteiger partial charge in [0.2, 0.25) is 10.0 Å². The molecule has 0 aliphatic carbocycles. The van der Waals surface area contributed by atoms with Crippen LogP contribution in [0.2, 0.25) is 0 Å². The van der Waals surface area contributed by atoms with Crippen molar-refractivity contribution in [1.82, 2.24) is 4.31 Å². The van der Waals surface area contributed by atoms with Crippen LogP contribution in [-0.2, 0) is 16.6 Å². The van der Waals surface area contributed by atoms with E-state index < -0.39 is 10.0 Å². The predicted octanol–water partition coefficient (Wildman–Crippen LogP) is 0.648.